The molecule has 0 radical (unpaired) electrons. The monoisotopic (exact) mass is 257 g/mol. The molecule has 0 spiro atoms. The van der Waals surface area contributed by atoms with E-state index in [1.165, 1.54) is 11.1 Å². The van der Waals surface area contributed by atoms with Crippen LogP contribution >= 0.6 is 0 Å². The van der Waals surface area contributed by atoms with Gasteiger partial charge in [-0.05, 0) is 50.5 Å². The molecular weight excluding hydrogens is 238 g/mol. The predicted molar refractivity (Wildman–Crippen MR) is 76.9 cm³/mol. The highest BCUT2D eigenvalue weighted by atomic mass is 16.5. The maximum atomic E-state index is 5.84. The first-order valence-corrected chi connectivity index (χ1v) is 6.41. The number of aryl methyl sites for hydroxylation is 2. The minimum Gasteiger partial charge on any atom is -0.437 e. The first-order chi connectivity index (χ1) is 9.10. The Bertz CT molecular complexity index is 582. The quantitative estimate of drug-likeness (QED) is 0.908. The lowest BCUT2D eigenvalue weighted by Gasteiger charge is -2.11. The van der Waals surface area contributed by atoms with Crippen LogP contribution in [0.4, 0.5) is 5.82 Å². The van der Waals surface area contributed by atoms with Crippen LogP contribution in [0.25, 0.3) is 0 Å². The number of benzene rings is 1. The summed E-state index contributed by atoms with van der Waals surface area (Å²) >= 11 is 0. The summed E-state index contributed by atoms with van der Waals surface area (Å²) in [6, 6.07) is 4.16. The van der Waals surface area contributed by atoms with Crippen molar-refractivity contribution in [3.05, 3.63) is 41.2 Å². The molecule has 1 aromatic heterocycles. The van der Waals surface area contributed by atoms with E-state index in [4.69, 9.17) is 4.74 Å². The van der Waals surface area contributed by atoms with Gasteiger partial charge in [0.05, 0.1) is 12.4 Å². The number of ether oxygens (including phenoxy) is 1. The molecule has 2 rings (SSSR count). The molecular formula is C15H19N3O. The van der Waals surface area contributed by atoms with Crippen LogP contribution in [0, 0.1) is 20.8 Å². The normalized spacial score (nSPS) is 10.3. The standard InChI is InChI=1S/C15H19N3O/c1-5-17-14-8-16-9-15(18-14)19-13-7-10(2)6-11(3)12(13)4/h6-9H,5H2,1-4H3,(H,17,18). The third-order valence-corrected chi connectivity index (χ3v) is 2.95. The lowest BCUT2D eigenvalue weighted by molar-refractivity contribution is 0.456. The van der Waals surface area contributed by atoms with Gasteiger partial charge in [-0.3, -0.25) is 4.98 Å². The lowest BCUT2D eigenvalue weighted by atomic mass is 10.1. The maximum absolute atomic E-state index is 5.84. The second-order valence-corrected chi connectivity index (χ2v) is 4.58. The summed E-state index contributed by atoms with van der Waals surface area (Å²) in [5.74, 6) is 2.06. The Hall–Kier alpha value is -2.10. The highest BCUT2D eigenvalue weighted by Crippen LogP contribution is 2.27. The smallest absolute Gasteiger partial charge is 0.239 e. The first kappa shape index (κ1) is 13.3. The molecule has 0 saturated heterocycles. The minimum atomic E-state index is 0.506. The van der Waals surface area contributed by atoms with Crippen LogP contribution < -0.4 is 10.1 Å². The van der Waals surface area contributed by atoms with Gasteiger partial charge in [0.15, 0.2) is 0 Å². The van der Waals surface area contributed by atoms with Gasteiger partial charge >= 0.3 is 0 Å². The summed E-state index contributed by atoms with van der Waals surface area (Å²) < 4.78 is 5.84. The molecule has 0 saturated carbocycles. The zero-order valence-electron chi connectivity index (χ0n) is 11.8. The summed E-state index contributed by atoms with van der Waals surface area (Å²) in [5.41, 5.74) is 3.51. The molecule has 2 aromatic rings. The van der Waals surface area contributed by atoms with E-state index in [9.17, 15) is 0 Å². The van der Waals surface area contributed by atoms with Crippen LogP contribution in [0.2, 0.25) is 0 Å². The van der Waals surface area contributed by atoms with E-state index < -0.39 is 0 Å². The molecule has 0 amide bonds. The topological polar surface area (TPSA) is 47.0 Å². The first-order valence-electron chi connectivity index (χ1n) is 6.41. The van der Waals surface area contributed by atoms with Gasteiger partial charge in [0.25, 0.3) is 0 Å². The Balaban J connectivity index is 2.28. The van der Waals surface area contributed by atoms with Gasteiger partial charge in [0, 0.05) is 6.54 Å². The van der Waals surface area contributed by atoms with Crippen molar-refractivity contribution in [3.8, 4) is 11.6 Å². The molecule has 1 aromatic carbocycles. The van der Waals surface area contributed by atoms with Crippen molar-refractivity contribution in [1.82, 2.24) is 9.97 Å². The fraction of sp³-hybridized carbons (Fsp3) is 0.333. The van der Waals surface area contributed by atoms with Crippen LogP contribution in [0.1, 0.15) is 23.6 Å². The molecule has 0 bridgehead atoms. The molecule has 100 valence electrons. The number of rotatable bonds is 4. The van der Waals surface area contributed by atoms with Gasteiger partial charge in [-0.25, -0.2) is 0 Å². The molecule has 0 atom stereocenters. The number of nitrogens with zero attached hydrogens (tertiary/aromatic N) is 2. The van der Waals surface area contributed by atoms with Crippen molar-refractivity contribution in [1.29, 1.82) is 0 Å². The third kappa shape index (κ3) is 3.22. The van der Waals surface area contributed by atoms with Crippen molar-refractivity contribution < 1.29 is 4.74 Å². The summed E-state index contributed by atoms with van der Waals surface area (Å²) in [5, 5.41) is 3.12. The van der Waals surface area contributed by atoms with Crippen molar-refractivity contribution >= 4 is 5.82 Å². The summed E-state index contributed by atoms with van der Waals surface area (Å²) in [6.07, 6.45) is 3.31. The van der Waals surface area contributed by atoms with Gasteiger partial charge in [0.2, 0.25) is 5.88 Å². The number of nitrogens with one attached hydrogen (secondary N) is 1. The number of hydrogen-bond donors (Lipinski definition) is 1. The summed E-state index contributed by atoms with van der Waals surface area (Å²) in [6.45, 7) is 9.01. The Kier molecular flexibility index (Phi) is 4.00. The zero-order chi connectivity index (χ0) is 13.8. The Morgan fingerprint density at radius 2 is 1.95 bits per heavy atom. The van der Waals surface area contributed by atoms with E-state index >= 15 is 0 Å². The minimum absolute atomic E-state index is 0.506. The second kappa shape index (κ2) is 5.69. The molecule has 1 heterocycles. The van der Waals surface area contributed by atoms with E-state index in [1.807, 2.05) is 19.9 Å². The number of hydrogen-bond acceptors (Lipinski definition) is 4. The fourth-order valence-electron chi connectivity index (χ4n) is 1.88. The molecule has 0 aliphatic rings. The molecule has 0 fully saturated rings. The van der Waals surface area contributed by atoms with Gasteiger partial charge in [-0.15, -0.1) is 0 Å². The maximum Gasteiger partial charge on any atom is 0.239 e. The third-order valence-electron chi connectivity index (χ3n) is 2.95. The van der Waals surface area contributed by atoms with Gasteiger partial charge in [-0.2, -0.15) is 4.98 Å². The Morgan fingerprint density at radius 1 is 1.16 bits per heavy atom. The molecule has 1 N–H and O–H groups in total. The van der Waals surface area contributed by atoms with Crippen LogP contribution in [-0.2, 0) is 0 Å². The molecule has 19 heavy (non-hydrogen) atoms. The average molecular weight is 257 g/mol. The van der Waals surface area contributed by atoms with E-state index in [2.05, 4.69) is 35.2 Å². The molecule has 0 aliphatic carbocycles. The Labute approximate surface area is 113 Å². The highest BCUT2D eigenvalue weighted by molar-refractivity contribution is 5.44. The number of aromatic nitrogens is 2. The van der Waals surface area contributed by atoms with Gasteiger partial charge in [0.1, 0.15) is 11.6 Å². The zero-order valence-corrected chi connectivity index (χ0v) is 11.8. The average Bonchev–Trinajstić information content (AvgIpc) is 2.36. The second-order valence-electron chi connectivity index (χ2n) is 4.58. The van der Waals surface area contributed by atoms with Crippen molar-refractivity contribution in [2.45, 2.75) is 27.7 Å². The van der Waals surface area contributed by atoms with Crippen molar-refractivity contribution in [2.75, 3.05) is 11.9 Å². The van der Waals surface area contributed by atoms with Crippen LogP contribution in [-0.4, -0.2) is 16.5 Å². The predicted octanol–water partition coefficient (Wildman–Crippen LogP) is 3.63. The van der Waals surface area contributed by atoms with Crippen LogP contribution in [0.3, 0.4) is 0 Å². The van der Waals surface area contributed by atoms with E-state index in [1.54, 1.807) is 12.4 Å². The summed E-state index contributed by atoms with van der Waals surface area (Å²) in [4.78, 5) is 8.49. The van der Waals surface area contributed by atoms with Gasteiger partial charge < -0.3 is 10.1 Å². The number of anilines is 1. The summed E-state index contributed by atoms with van der Waals surface area (Å²) in [7, 11) is 0. The SMILES string of the molecule is CCNc1cncc(Oc2cc(C)cc(C)c2C)n1. The molecule has 4 nitrogen and oxygen atoms in total. The molecule has 0 aliphatic heterocycles. The fourth-order valence-corrected chi connectivity index (χ4v) is 1.88. The van der Waals surface area contributed by atoms with Crippen LogP contribution in [0.5, 0.6) is 11.6 Å². The van der Waals surface area contributed by atoms with E-state index in [-0.39, 0.29) is 0 Å². The van der Waals surface area contributed by atoms with E-state index in [0.717, 1.165) is 23.7 Å². The lowest BCUT2D eigenvalue weighted by Crippen LogP contribution is -2.01. The highest BCUT2D eigenvalue weighted by Gasteiger charge is 2.07. The van der Waals surface area contributed by atoms with Gasteiger partial charge in [-0.1, -0.05) is 6.07 Å². The Morgan fingerprint density at radius 3 is 2.68 bits per heavy atom. The van der Waals surface area contributed by atoms with Crippen molar-refractivity contribution in [3.63, 3.8) is 0 Å². The molecule has 4 heteroatoms. The van der Waals surface area contributed by atoms with Crippen LogP contribution in [0.15, 0.2) is 24.5 Å². The molecule has 0 unspecified atom stereocenters. The van der Waals surface area contributed by atoms with Crippen molar-refractivity contribution in [2.24, 2.45) is 0 Å². The van der Waals surface area contributed by atoms with E-state index in [0.29, 0.717) is 5.88 Å². The largest absolute Gasteiger partial charge is 0.437 e.